The minimum Gasteiger partial charge on any atom is -0.394 e. The molecule has 3 unspecified atom stereocenters. The van der Waals surface area contributed by atoms with Gasteiger partial charge in [-0.3, -0.25) is 4.79 Å². The average molecular weight is 774 g/mol. The van der Waals surface area contributed by atoms with E-state index in [1.54, 1.807) is 0 Å². The summed E-state index contributed by atoms with van der Waals surface area (Å²) in [6, 6.07) is -0.828. The second kappa shape index (κ2) is 45.3. The van der Waals surface area contributed by atoms with E-state index in [4.69, 9.17) is 0 Å². The van der Waals surface area contributed by atoms with Crippen molar-refractivity contribution in [1.82, 2.24) is 5.32 Å². The van der Waals surface area contributed by atoms with Gasteiger partial charge in [0.05, 0.1) is 18.8 Å². The predicted octanol–water partition coefficient (Wildman–Crippen LogP) is 14.3. The van der Waals surface area contributed by atoms with Crippen LogP contribution in [0.3, 0.4) is 0 Å². The van der Waals surface area contributed by atoms with E-state index in [1.807, 2.05) is 0 Å². The number of aliphatic hydroxyl groups excluding tert-OH is 3. The van der Waals surface area contributed by atoms with Gasteiger partial charge in [-0.2, -0.15) is 0 Å². The maximum atomic E-state index is 12.5. The van der Waals surface area contributed by atoms with Crippen molar-refractivity contribution in [3.8, 4) is 0 Å². The molecule has 0 spiro atoms. The van der Waals surface area contributed by atoms with Crippen molar-refractivity contribution in [2.75, 3.05) is 6.61 Å². The van der Waals surface area contributed by atoms with Crippen LogP contribution in [0, 0.1) is 0 Å². The summed E-state index contributed by atoms with van der Waals surface area (Å²) in [6.45, 7) is 4.15. The summed E-state index contributed by atoms with van der Waals surface area (Å²) in [6.07, 6.45) is 56.9. The van der Waals surface area contributed by atoms with Gasteiger partial charge in [-0.25, -0.2) is 0 Å². The van der Waals surface area contributed by atoms with Crippen LogP contribution in [-0.4, -0.2) is 46.1 Å². The highest BCUT2D eigenvalue weighted by Crippen LogP contribution is 2.16. The average Bonchev–Trinajstić information content (AvgIpc) is 3.19. The van der Waals surface area contributed by atoms with Gasteiger partial charge in [0.1, 0.15) is 6.10 Å². The molecule has 0 saturated heterocycles. The summed E-state index contributed by atoms with van der Waals surface area (Å²) in [7, 11) is 0. The molecule has 0 aliphatic heterocycles. The highest BCUT2D eigenvalue weighted by atomic mass is 16.3. The van der Waals surface area contributed by atoms with Gasteiger partial charge in [-0.1, -0.05) is 217 Å². The molecule has 324 valence electrons. The Bertz CT molecular complexity index is 855. The second-order valence-electron chi connectivity index (χ2n) is 16.7. The topological polar surface area (TPSA) is 89.8 Å². The fourth-order valence-corrected chi connectivity index (χ4v) is 7.45. The third-order valence-corrected chi connectivity index (χ3v) is 11.2. The number of carbonyl (C=O) groups is 1. The number of nitrogens with one attached hydrogen (secondary N) is 1. The Kier molecular flexibility index (Phi) is 44.1. The van der Waals surface area contributed by atoms with Crippen LogP contribution in [0.1, 0.15) is 251 Å². The van der Waals surface area contributed by atoms with Gasteiger partial charge < -0.3 is 20.6 Å². The first-order chi connectivity index (χ1) is 27.1. The molecule has 0 aliphatic rings. The van der Waals surface area contributed by atoms with Gasteiger partial charge in [-0.15, -0.1) is 0 Å². The van der Waals surface area contributed by atoms with E-state index in [2.05, 4.69) is 55.6 Å². The Morgan fingerprint density at radius 3 is 1.20 bits per heavy atom. The van der Waals surface area contributed by atoms with E-state index in [1.165, 1.54) is 186 Å². The minimum atomic E-state index is -1.16. The molecule has 55 heavy (non-hydrogen) atoms. The lowest BCUT2D eigenvalue weighted by atomic mass is 10.0. The molecule has 3 atom stereocenters. The summed E-state index contributed by atoms with van der Waals surface area (Å²) in [5.41, 5.74) is 0. The van der Waals surface area contributed by atoms with Gasteiger partial charge >= 0.3 is 0 Å². The number of rotatable bonds is 44. The van der Waals surface area contributed by atoms with Crippen LogP contribution in [0.4, 0.5) is 0 Å². The van der Waals surface area contributed by atoms with E-state index in [9.17, 15) is 20.1 Å². The van der Waals surface area contributed by atoms with Crippen LogP contribution < -0.4 is 5.32 Å². The zero-order valence-electron chi connectivity index (χ0n) is 36.8. The van der Waals surface area contributed by atoms with Crippen LogP contribution in [0.25, 0.3) is 0 Å². The monoisotopic (exact) mass is 774 g/mol. The van der Waals surface area contributed by atoms with E-state index in [-0.39, 0.29) is 12.5 Å². The number of carbonyl (C=O) groups excluding carboxylic acids is 1. The van der Waals surface area contributed by atoms with Crippen molar-refractivity contribution in [2.45, 2.75) is 270 Å². The Balaban J connectivity index is 3.63. The fourth-order valence-electron chi connectivity index (χ4n) is 7.45. The number of amides is 1. The zero-order chi connectivity index (χ0) is 40.1. The van der Waals surface area contributed by atoms with E-state index in [0.29, 0.717) is 12.8 Å². The van der Waals surface area contributed by atoms with Crippen molar-refractivity contribution < 1.29 is 20.1 Å². The van der Waals surface area contributed by atoms with Crippen LogP contribution in [0.2, 0.25) is 0 Å². The molecule has 0 aliphatic carbocycles. The van der Waals surface area contributed by atoms with Crippen LogP contribution in [0.15, 0.2) is 36.5 Å². The molecular formula is C50H95NO4. The minimum absolute atomic E-state index is 0.157. The summed E-state index contributed by atoms with van der Waals surface area (Å²) in [5.74, 6) is -0.157. The number of hydrogen-bond donors (Lipinski definition) is 4. The molecule has 0 fully saturated rings. The Morgan fingerprint density at radius 2 is 0.782 bits per heavy atom. The molecule has 5 heteroatoms. The summed E-state index contributed by atoms with van der Waals surface area (Å²) in [4.78, 5) is 12.5. The molecule has 0 aromatic carbocycles. The molecule has 0 aromatic heterocycles. The third-order valence-electron chi connectivity index (χ3n) is 11.2. The van der Waals surface area contributed by atoms with E-state index in [0.717, 1.165) is 38.5 Å². The number of unbranched alkanes of at least 4 members (excludes halogenated alkanes) is 31. The van der Waals surface area contributed by atoms with E-state index >= 15 is 0 Å². The first-order valence-electron chi connectivity index (χ1n) is 24.3. The first-order valence-corrected chi connectivity index (χ1v) is 24.3. The van der Waals surface area contributed by atoms with Crippen LogP contribution >= 0.6 is 0 Å². The van der Waals surface area contributed by atoms with Gasteiger partial charge in [0.15, 0.2) is 0 Å². The Hall–Kier alpha value is -1.43. The molecule has 0 bridgehead atoms. The number of hydrogen-bond acceptors (Lipinski definition) is 4. The second-order valence-corrected chi connectivity index (χ2v) is 16.7. The Morgan fingerprint density at radius 1 is 0.455 bits per heavy atom. The summed E-state index contributed by atoms with van der Waals surface area (Å²) < 4.78 is 0. The highest BCUT2D eigenvalue weighted by molar-refractivity contribution is 5.76. The fraction of sp³-hybridized carbons (Fsp3) is 0.860. The normalized spacial score (nSPS) is 13.8. The molecule has 1 amide bonds. The molecule has 0 rings (SSSR count). The van der Waals surface area contributed by atoms with Gasteiger partial charge in [0.25, 0.3) is 0 Å². The van der Waals surface area contributed by atoms with Crippen LogP contribution in [0.5, 0.6) is 0 Å². The van der Waals surface area contributed by atoms with Crippen molar-refractivity contribution >= 4 is 5.91 Å². The molecule has 5 nitrogen and oxygen atoms in total. The van der Waals surface area contributed by atoms with Crippen molar-refractivity contribution in [1.29, 1.82) is 0 Å². The zero-order valence-corrected chi connectivity index (χ0v) is 36.8. The Labute approximate surface area is 343 Å². The van der Waals surface area contributed by atoms with E-state index < -0.39 is 18.2 Å². The van der Waals surface area contributed by atoms with Crippen molar-refractivity contribution in [2.24, 2.45) is 0 Å². The maximum Gasteiger partial charge on any atom is 0.220 e. The highest BCUT2D eigenvalue weighted by Gasteiger charge is 2.26. The van der Waals surface area contributed by atoms with Crippen LogP contribution in [-0.2, 0) is 4.79 Å². The summed E-state index contributed by atoms with van der Waals surface area (Å²) in [5, 5.41) is 33.6. The first kappa shape index (κ1) is 53.6. The lowest BCUT2D eigenvalue weighted by Crippen LogP contribution is -2.50. The van der Waals surface area contributed by atoms with Gasteiger partial charge in [-0.05, 0) is 64.2 Å². The molecule has 0 aromatic rings. The SMILES string of the molecule is CCCCC/C=C\C=C/CCCCCCCCCCCCC(=O)NC(CO)C(O)C(O)CCC/C=C/CCCCCCCCCCCCCCCCCCC. The lowest BCUT2D eigenvalue weighted by Gasteiger charge is -2.26. The standard InChI is InChI=1S/C50H95NO4/c1-3-5-7-9-11-13-15-17-19-21-23-24-25-27-28-30-32-34-36-38-40-42-44-48(53)50(55)47(46-52)51-49(54)45-43-41-39-37-35-33-31-29-26-22-20-18-16-14-12-10-8-6-4-2/h12,14,16,18,36,38,47-48,50,52-53,55H,3-11,13,15,17,19-35,37,39-46H2,1-2H3,(H,51,54)/b14-12-,18-16-,38-36+. The van der Waals surface area contributed by atoms with Crippen molar-refractivity contribution in [3.63, 3.8) is 0 Å². The quantitative estimate of drug-likeness (QED) is 0.0282. The van der Waals surface area contributed by atoms with Gasteiger partial charge in [0.2, 0.25) is 5.91 Å². The third kappa shape index (κ3) is 40.6. The molecule has 0 saturated carbocycles. The van der Waals surface area contributed by atoms with Crippen molar-refractivity contribution in [3.05, 3.63) is 36.5 Å². The predicted molar refractivity (Wildman–Crippen MR) is 241 cm³/mol. The molecule has 0 heterocycles. The number of allylic oxidation sites excluding steroid dienone is 6. The molecule has 4 N–H and O–H groups in total. The maximum absolute atomic E-state index is 12.5. The number of aliphatic hydroxyl groups is 3. The van der Waals surface area contributed by atoms with Gasteiger partial charge in [0, 0.05) is 6.42 Å². The molecular weight excluding hydrogens is 679 g/mol. The smallest absolute Gasteiger partial charge is 0.220 e. The lowest BCUT2D eigenvalue weighted by molar-refractivity contribution is -0.124. The largest absolute Gasteiger partial charge is 0.394 e. The summed E-state index contributed by atoms with van der Waals surface area (Å²) >= 11 is 0. The molecule has 0 radical (unpaired) electrons.